The highest BCUT2D eigenvalue weighted by molar-refractivity contribution is 7.98. The Morgan fingerprint density at radius 1 is 1.17 bits per heavy atom. The lowest BCUT2D eigenvalue weighted by atomic mass is 10.2. The summed E-state index contributed by atoms with van der Waals surface area (Å²) in [5.74, 6) is 0.129. The highest BCUT2D eigenvalue weighted by Crippen LogP contribution is 2.25. The molecule has 0 unspecified atom stereocenters. The molecule has 0 atom stereocenters. The van der Waals surface area contributed by atoms with Gasteiger partial charge in [0.05, 0.1) is 6.26 Å². The van der Waals surface area contributed by atoms with Crippen LogP contribution >= 0.6 is 11.8 Å². The van der Waals surface area contributed by atoms with Crippen LogP contribution in [-0.2, 0) is 5.75 Å². The molecule has 3 rings (SSSR count). The molecule has 1 N–H and O–H groups in total. The molecule has 0 aliphatic heterocycles. The van der Waals surface area contributed by atoms with Crippen LogP contribution in [0.3, 0.4) is 0 Å². The van der Waals surface area contributed by atoms with Crippen LogP contribution in [-0.4, -0.2) is 5.91 Å². The molecule has 0 saturated carbocycles. The van der Waals surface area contributed by atoms with E-state index >= 15 is 0 Å². The number of nitrogens with one attached hydrogen (secondary N) is 1. The highest BCUT2D eigenvalue weighted by atomic mass is 32.2. The van der Waals surface area contributed by atoms with Crippen molar-refractivity contribution >= 4 is 23.4 Å². The summed E-state index contributed by atoms with van der Waals surface area (Å²) < 4.78 is 18.9. The number of carbonyl (C=O) groups is 1. The third-order valence-corrected chi connectivity index (χ3v) is 4.58. The van der Waals surface area contributed by atoms with E-state index in [1.807, 2.05) is 30.3 Å². The zero-order valence-corrected chi connectivity index (χ0v) is 13.9. The lowest BCUT2D eigenvalue weighted by Crippen LogP contribution is -2.13. The maximum Gasteiger partial charge on any atom is 0.291 e. The van der Waals surface area contributed by atoms with Crippen LogP contribution < -0.4 is 5.32 Å². The summed E-state index contributed by atoms with van der Waals surface area (Å²) in [4.78, 5) is 13.5. The topological polar surface area (TPSA) is 42.2 Å². The smallest absolute Gasteiger partial charge is 0.291 e. The average Bonchev–Trinajstić information content (AvgIpc) is 3.06. The maximum atomic E-state index is 13.6. The van der Waals surface area contributed by atoms with Crippen molar-refractivity contribution in [2.75, 3.05) is 5.32 Å². The lowest BCUT2D eigenvalue weighted by molar-refractivity contribution is 0.0996. The molecule has 5 heteroatoms. The van der Waals surface area contributed by atoms with E-state index in [1.165, 1.54) is 12.3 Å². The fourth-order valence-electron chi connectivity index (χ4n) is 2.18. The molecule has 0 spiro atoms. The van der Waals surface area contributed by atoms with E-state index in [0.29, 0.717) is 17.0 Å². The van der Waals surface area contributed by atoms with Gasteiger partial charge in [-0.1, -0.05) is 24.3 Å². The van der Waals surface area contributed by atoms with Gasteiger partial charge in [-0.25, -0.2) is 4.39 Å². The molecule has 122 valence electrons. The predicted octanol–water partition coefficient (Wildman–Crippen LogP) is 5.27. The van der Waals surface area contributed by atoms with Gasteiger partial charge in [0.25, 0.3) is 5.91 Å². The van der Waals surface area contributed by atoms with Crippen molar-refractivity contribution in [2.45, 2.75) is 17.6 Å². The van der Waals surface area contributed by atoms with E-state index < -0.39 is 0 Å². The van der Waals surface area contributed by atoms with E-state index in [4.69, 9.17) is 4.42 Å². The van der Waals surface area contributed by atoms with Crippen molar-refractivity contribution in [3.8, 4) is 0 Å². The first-order valence-corrected chi connectivity index (χ1v) is 8.44. The van der Waals surface area contributed by atoms with Crippen molar-refractivity contribution in [2.24, 2.45) is 0 Å². The van der Waals surface area contributed by atoms with Gasteiger partial charge in [-0.2, -0.15) is 0 Å². The standard InChI is InChI=1S/C19H16FNO2S/c1-13-7-8-15(11-17(13)20)21-19(22)18-14(9-10-23-18)12-24-16-5-3-2-4-6-16/h2-11H,12H2,1H3,(H,21,22). The summed E-state index contributed by atoms with van der Waals surface area (Å²) in [6.45, 7) is 1.67. The average molecular weight is 341 g/mol. The van der Waals surface area contributed by atoms with Gasteiger partial charge in [0.15, 0.2) is 5.76 Å². The van der Waals surface area contributed by atoms with Gasteiger partial charge in [0.2, 0.25) is 0 Å². The van der Waals surface area contributed by atoms with Gasteiger partial charge < -0.3 is 9.73 Å². The first-order chi connectivity index (χ1) is 11.6. The van der Waals surface area contributed by atoms with Crippen molar-refractivity contribution in [1.82, 2.24) is 0 Å². The summed E-state index contributed by atoms with van der Waals surface area (Å²) in [7, 11) is 0. The highest BCUT2D eigenvalue weighted by Gasteiger charge is 2.16. The normalized spacial score (nSPS) is 10.6. The summed E-state index contributed by atoms with van der Waals surface area (Å²) in [6.07, 6.45) is 1.49. The van der Waals surface area contributed by atoms with E-state index in [-0.39, 0.29) is 17.5 Å². The van der Waals surface area contributed by atoms with Gasteiger partial charge >= 0.3 is 0 Å². The Bertz CT molecular complexity index is 846. The first-order valence-electron chi connectivity index (χ1n) is 7.45. The van der Waals surface area contributed by atoms with Crippen LogP contribution in [0.5, 0.6) is 0 Å². The van der Waals surface area contributed by atoms with E-state index in [0.717, 1.165) is 10.5 Å². The number of rotatable bonds is 5. The minimum absolute atomic E-state index is 0.249. The number of furan rings is 1. The maximum absolute atomic E-state index is 13.6. The van der Waals surface area contributed by atoms with Crippen molar-refractivity contribution in [3.05, 3.63) is 83.6 Å². The van der Waals surface area contributed by atoms with Crippen LogP contribution in [0.1, 0.15) is 21.7 Å². The van der Waals surface area contributed by atoms with Gasteiger partial charge in [-0.15, -0.1) is 11.8 Å². The molecule has 1 amide bonds. The van der Waals surface area contributed by atoms with Crippen LogP contribution in [0.15, 0.2) is 70.2 Å². The van der Waals surface area contributed by atoms with E-state index in [2.05, 4.69) is 5.32 Å². The molecule has 0 fully saturated rings. The second kappa shape index (κ2) is 7.36. The second-order valence-corrected chi connectivity index (χ2v) is 6.34. The molecule has 3 nitrogen and oxygen atoms in total. The largest absolute Gasteiger partial charge is 0.459 e. The Labute approximate surface area is 143 Å². The zero-order valence-electron chi connectivity index (χ0n) is 13.1. The quantitative estimate of drug-likeness (QED) is 0.643. The third-order valence-electron chi connectivity index (χ3n) is 3.52. The molecule has 0 aliphatic rings. The number of amides is 1. The number of benzene rings is 2. The SMILES string of the molecule is Cc1ccc(NC(=O)c2occc2CSc2ccccc2)cc1F. The fourth-order valence-corrected chi connectivity index (χ4v) is 3.08. The predicted molar refractivity (Wildman–Crippen MR) is 93.8 cm³/mol. The van der Waals surface area contributed by atoms with Crippen molar-refractivity contribution in [3.63, 3.8) is 0 Å². The second-order valence-electron chi connectivity index (χ2n) is 5.29. The van der Waals surface area contributed by atoms with Crippen LogP contribution in [0.2, 0.25) is 0 Å². The Balaban J connectivity index is 1.69. The number of carbonyl (C=O) groups excluding carboxylic acids is 1. The minimum atomic E-state index is -0.382. The number of thioether (sulfide) groups is 1. The number of hydrogen-bond acceptors (Lipinski definition) is 3. The molecule has 24 heavy (non-hydrogen) atoms. The zero-order chi connectivity index (χ0) is 16.9. The van der Waals surface area contributed by atoms with E-state index in [9.17, 15) is 9.18 Å². The van der Waals surface area contributed by atoms with Gasteiger partial charge in [-0.05, 0) is 42.8 Å². The number of hydrogen-bond donors (Lipinski definition) is 1. The molecule has 3 aromatic rings. The Morgan fingerprint density at radius 3 is 2.71 bits per heavy atom. The molecule has 0 bridgehead atoms. The number of aryl methyl sites for hydroxylation is 1. The molecule has 0 aliphatic carbocycles. The molecular weight excluding hydrogens is 325 g/mol. The van der Waals surface area contributed by atoms with Crippen molar-refractivity contribution < 1.29 is 13.6 Å². The lowest BCUT2D eigenvalue weighted by Gasteiger charge is -2.06. The van der Waals surface area contributed by atoms with Gasteiger partial charge in [0, 0.05) is 21.9 Å². The summed E-state index contributed by atoms with van der Waals surface area (Å²) in [5, 5.41) is 2.67. The number of anilines is 1. The summed E-state index contributed by atoms with van der Waals surface area (Å²) >= 11 is 1.62. The van der Waals surface area contributed by atoms with Crippen LogP contribution in [0.25, 0.3) is 0 Å². The first kappa shape index (κ1) is 16.3. The number of halogens is 1. The molecule has 2 aromatic carbocycles. The van der Waals surface area contributed by atoms with Crippen molar-refractivity contribution in [1.29, 1.82) is 0 Å². The van der Waals surface area contributed by atoms with Gasteiger partial charge in [-0.3, -0.25) is 4.79 Å². The molecule has 1 heterocycles. The summed E-state index contributed by atoms with van der Waals surface area (Å²) in [6, 6.07) is 16.3. The Hall–Kier alpha value is -2.53. The molecule has 1 aromatic heterocycles. The Morgan fingerprint density at radius 2 is 1.96 bits per heavy atom. The summed E-state index contributed by atoms with van der Waals surface area (Å²) in [5.41, 5.74) is 1.74. The van der Waals surface area contributed by atoms with Crippen LogP contribution in [0, 0.1) is 12.7 Å². The molecule has 0 radical (unpaired) electrons. The molecular formula is C19H16FNO2S. The van der Waals surface area contributed by atoms with Gasteiger partial charge in [0.1, 0.15) is 5.82 Å². The monoisotopic (exact) mass is 341 g/mol. The van der Waals surface area contributed by atoms with Crippen LogP contribution in [0.4, 0.5) is 10.1 Å². The molecule has 0 saturated heterocycles. The fraction of sp³-hybridized carbons (Fsp3) is 0.105. The van der Waals surface area contributed by atoms with E-state index in [1.54, 1.807) is 36.9 Å². The third kappa shape index (κ3) is 3.86. The Kier molecular flexibility index (Phi) is 5.01. The minimum Gasteiger partial charge on any atom is -0.459 e.